The summed E-state index contributed by atoms with van der Waals surface area (Å²) in [5.41, 5.74) is 0. The van der Waals surface area contributed by atoms with Gasteiger partial charge in [0.1, 0.15) is 8.64 Å². The molecule has 0 unspecified atom stereocenters. The molecule has 2 aromatic rings. The van der Waals surface area contributed by atoms with Gasteiger partial charge in [0.05, 0.1) is 9.81 Å². The molecule has 4 heterocycles. The van der Waals surface area contributed by atoms with Gasteiger partial charge in [0.15, 0.2) is 10.3 Å². The number of amides is 4. The van der Waals surface area contributed by atoms with Crippen LogP contribution in [0.1, 0.15) is 25.7 Å². The van der Waals surface area contributed by atoms with Crippen molar-refractivity contribution in [2.75, 3.05) is 23.7 Å². The number of carbonyl (C=O) groups excluding carboxylic acids is 4. The third-order valence-corrected chi connectivity index (χ3v) is 9.24. The summed E-state index contributed by atoms with van der Waals surface area (Å²) in [7, 11) is 0. The zero-order valence-corrected chi connectivity index (χ0v) is 23.3. The monoisotopic (exact) mass is 598 g/mol. The molecule has 2 saturated heterocycles. The summed E-state index contributed by atoms with van der Waals surface area (Å²) >= 11 is 15.5. The molecule has 4 amide bonds. The van der Waals surface area contributed by atoms with E-state index >= 15 is 0 Å². The quantitative estimate of drug-likeness (QED) is 0.309. The lowest BCUT2D eigenvalue weighted by atomic mass is 10.2. The van der Waals surface area contributed by atoms with Gasteiger partial charge in [-0.3, -0.25) is 29.0 Å². The molecule has 10 nitrogen and oxygen atoms in total. The summed E-state index contributed by atoms with van der Waals surface area (Å²) in [4.78, 5) is 61.4. The number of carbonyl (C=O) groups is 4. The highest BCUT2D eigenvalue weighted by molar-refractivity contribution is 8.29. The number of aromatic nitrogens is 2. The maximum Gasteiger partial charge on any atom is 0.267 e. The van der Waals surface area contributed by atoms with Crippen LogP contribution in [-0.2, 0) is 19.2 Å². The van der Waals surface area contributed by atoms with E-state index in [9.17, 15) is 19.2 Å². The molecule has 188 valence electrons. The fourth-order valence-corrected chi connectivity index (χ4v) is 7.05. The summed E-state index contributed by atoms with van der Waals surface area (Å²) < 4.78 is 0.666. The number of rotatable bonds is 10. The molecule has 0 aliphatic carbocycles. The topological polar surface area (TPSA) is 125 Å². The largest absolute Gasteiger partial charge is 0.302 e. The van der Waals surface area contributed by atoms with Crippen LogP contribution in [0.2, 0.25) is 0 Å². The first-order chi connectivity index (χ1) is 17.3. The minimum atomic E-state index is -0.367. The maximum absolute atomic E-state index is 13.0. The number of anilines is 2. The Labute approximate surface area is 233 Å². The van der Waals surface area contributed by atoms with E-state index in [4.69, 9.17) is 24.4 Å². The van der Waals surface area contributed by atoms with Gasteiger partial charge < -0.3 is 10.6 Å². The van der Waals surface area contributed by atoms with Crippen molar-refractivity contribution < 1.29 is 19.2 Å². The number of hydrogen-bond acceptors (Lipinski definition) is 12. The van der Waals surface area contributed by atoms with E-state index in [-0.39, 0.29) is 59.4 Å². The van der Waals surface area contributed by atoms with Crippen LogP contribution in [0.25, 0.3) is 0 Å². The average molecular weight is 599 g/mol. The third kappa shape index (κ3) is 6.54. The summed E-state index contributed by atoms with van der Waals surface area (Å²) in [5.74, 6) is -1.13. The third-order valence-electron chi connectivity index (χ3n) is 4.83. The predicted octanol–water partition coefficient (Wildman–Crippen LogP) is 3.67. The van der Waals surface area contributed by atoms with Crippen LogP contribution < -0.4 is 10.6 Å². The standard InChI is InChI=1S/C20H18N6O4S6/c27-11(23-17-21-5-9-33-17)3-1-7-25-15(29)13(35-19(25)31)14-16(30)26(20(32)36-14)8-2-4-12(28)24-18-22-6-10-34-18/h5-6,9-10H,1-4,7-8H2,(H,21,23,27)(H,22,24,28)/b14-13+. The minimum Gasteiger partial charge on any atom is -0.302 e. The Bertz CT molecular complexity index is 1140. The van der Waals surface area contributed by atoms with Crippen molar-refractivity contribution in [2.45, 2.75) is 25.7 Å². The lowest BCUT2D eigenvalue weighted by Gasteiger charge is -2.14. The zero-order valence-electron chi connectivity index (χ0n) is 18.4. The molecule has 0 atom stereocenters. The molecule has 2 aliphatic rings. The fraction of sp³-hybridized carbons (Fsp3) is 0.300. The van der Waals surface area contributed by atoms with Crippen LogP contribution in [0.5, 0.6) is 0 Å². The predicted molar refractivity (Wildman–Crippen MR) is 151 cm³/mol. The summed E-state index contributed by atoms with van der Waals surface area (Å²) in [6, 6.07) is 0. The van der Waals surface area contributed by atoms with Crippen molar-refractivity contribution in [1.29, 1.82) is 0 Å². The maximum atomic E-state index is 13.0. The number of thioether (sulfide) groups is 2. The van der Waals surface area contributed by atoms with Crippen LogP contribution >= 0.6 is 70.6 Å². The van der Waals surface area contributed by atoms with Crippen LogP contribution in [0.4, 0.5) is 10.3 Å². The molecule has 2 aromatic heterocycles. The van der Waals surface area contributed by atoms with E-state index in [1.54, 1.807) is 23.2 Å². The van der Waals surface area contributed by atoms with E-state index in [1.165, 1.54) is 32.5 Å². The lowest BCUT2D eigenvalue weighted by Crippen LogP contribution is -2.31. The van der Waals surface area contributed by atoms with E-state index in [0.717, 1.165) is 23.5 Å². The number of nitrogens with zero attached hydrogens (tertiary/aromatic N) is 4. The van der Waals surface area contributed by atoms with Crippen LogP contribution in [0.15, 0.2) is 33.0 Å². The number of nitrogens with one attached hydrogen (secondary N) is 2. The van der Waals surface area contributed by atoms with Gasteiger partial charge in [-0.05, 0) is 12.8 Å². The molecule has 2 N–H and O–H groups in total. The summed E-state index contributed by atoms with van der Waals surface area (Å²) in [5, 5.41) is 9.96. The zero-order chi connectivity index (χ0) is 25.7. The smallest absolute Gasteiger partial charge is 0.267 e. The first kappa shape index (κ1) is 26.8. The molecule has 0 bridgehead atoms. The number of hydrogen-bond donors (Lipinski definition) is 2. The fourth-order valence-electron chi connectivity index (χ4n) is 3.19. The Morgan fingerprint density at radius 3 is 1.56 bits per heavy atom. The molecule has 4 rings (SSSR count). The Hall–Kier alpha value is -2.24. The first-order valence-corrected chi connectivity index (χ1v) is 14.7. The first-order valence-electron chi connectivity index (χ1n) is 10.5. The van der Waals surface area contributed by atoms with Crippen LogP contribution in [0, 0.1) is 0 Å². The van der Waals surface area contributed by atoms with Crippen molar-refractivity contribution in [3.63, 3.8) is 0 Å². The molecular formula is C20H18N6O4S6. The molecular weight excluding hydrogens is 581 g/mol. The second-order valence-corrected chi connectivity index (χ2v) is 12.4. The van der Waals surface area contributed by atoms with E-state index < -0.39 is 0 Å². The van der Waals surface area contributed by atoms with Crippen molar-refractivity contribution in [3.8, 4) is 0 Å². The molecule has 0 saturated carbocycles. The van der Waals surface area contributed by atoms with Gasteiger partial charge >= 0.3 is 0 Å². The molecule has 2 aliphatic heterocycles. The lowest BCUT2D eigenvalue weighted by molar-refractivity contribution is -0.124. The van der Waals surface area contributed by atoms with Gasteiger partial charge in [0.2, 0.25) is 11.8 Å². The summed E-state index contributed by atoms with van der Waals surface area (Å²) in [6.45, 7) is 0.516. The second kappa shape index (κ2) is 12.3. The van der Waals surface area contributed by atoms with Crippen molar-refractivity contribution in [2.24, 2.45) is 0 Å². The van der Waals surface area contributed by atoms with Gasteiger partial charge in [0, 0.05) is 49.1 Å². The molecule has 36 heavy (non-hydrogen) atoms. The van der Waals surface area contributed by atoms with Gasteiger partial charge in [-0.1, -0.05) is 48.0 Å². The Balaban J connectivity index is 1.28. The van der Waals surface area contributed by atoms with E-state index in [0.29, 0.717) is 31.7 Å². The number of thiocarbonyl (C=S) groups is 2. The minimum absolute atomic E-state index is 0.198. The van der Waals surface area contributed by atoms with E-state index in [1.807, 2.05) is 0 Å². The van der Waals surface area contributed by atoms with Crippen molar-refractivity contribution in [1.82, 2.24) is 19.8 Å². The SMILES string of the molecule is O=C(CCCN1C(=O)/C(=C2\SC(=S)N(CCCC(=O)Nc3nccs3)C2=O)SC1=S)Nc1nccs1. The van der Waals surface area contributed by atoms with Gasteiger partial charge in [-0.2, -0.15) is 0 Å². The molecule has 0 aromatic carbocycles. The highest BCUT2D eigenvalue weighted by Gasteiger charge is 2.41. The Kier molecular flexibility index (Phi) is 9.19. The average Bonchev–Trinajstić information content (AvgIpc) is 3.63. The van der Waals surface area contributed by atoms with E-state index in [2.05, 4.69) is 20.6 Å². The second-order valence-electron chi connectivity index (χ2n) is 7.29. The number of thiazole rings is 2. The molecule has 2 fully saturated rings. The summed E-state index contributed by atoms with van der Waals surface area (Å²) in [6.07, 6.45) is 4.41. The highest BCUT2D eigenvalue weighted by Crippen LogP contribution is 2.42. The van der Waals surface area contributed by atoms with Crippen molar-refractivity contribution >= 4 is 113 Å². The van der Waals surface area contributed by atoms with Gasteiger partial charge in [0.25, 0.3) is 11.8 Å². The van der Waals surface area contributed by atoms with Gasteiger partial charge in [-0.15, -0.1) is 22.7 Å². The van der Waals surface area contributed by atoms with Crippen LogP contribution in [-0.4, -0.2) is 65.1 Å². The molecule has 0 spiro atoms. The Morgan fingerprint density at radius 1 is 0.778 bits per heavy atom. The van der Waals surface area contributed by atoms with Gasteiger partial charge in [-0.25, -0.2) is 9.97 Å². The highest BCUT2D eigenvalue weighted by atomic mass is 32.2. The van der Waals surface area contributed by atoms with Crippen LogP contribution in [0.3, 0.4) is 0 Å². The molecule has 0 radical (unpaired) electrons. The Morgan fingerprint density at radius 2 is 1.19 bits per heavy atom. The normalized spacial score (nSPS) is 17.9. The van der Waals surface area contributed by atoms with Crippen molar-refractivity contribution in [3.05, 3.63) is 33.0 Å². The molecule has 16 heteroatoms.